The van der Waals surface area contributed by atoms with E-state index in [9.17, 15) is 0 Å². The maximum atomic E-state index is 9.04. The number of hydrogen-bond donors (Lipinski definition) is 4. The van der Waals surface area contributed by atoms with Gasteiger partial charge >= 0.3 is 0 Å². The van der Waals surface area contributed by atoms with E-state index in [1.54, 1.807) is 0 Å². The Kier molecular flexibility index (Phi) is 5.45. The Hall–Kier alpha value is -2.71. The van der Waals surface area contributed by atoms with Gasteiger partial charge in [0.15, 0.2) is 0 Å². The minimum atomic E-state index is 0.0366. The Balaban J connectivity index is 1.43. The third-order valence-electron chi connectivity index (χ3n) is 4.60. The van der Waals surface area contributed by atoms with Crippen molar-refractivity contribution < 1.29 is 9.84 Å². The molecule has 0 radical (unpaired) electrons. The normalized spacial score (nSPS) is 16.7. The molecule has 1 saturated heterocycles. The van der Waals surface area contributed by atoms with E-state index in [1.165, 1.54) is 0 Å². The van der Waals surface area contributed by atoms with Crippen LogP contribution in [0.15, 0.2) is 30.3 Å². The Morgan fingerprint density at radius 2 is 2.07 bits per heavy atom. The average molecular weight is 368 g/mol. The van der Waals surface area contributed by atoms with Crippen molar-refractivity contribution in [1.82, 2.24) is 19.9 Å². The van der Waals surface area contributed by atoms with Crippen LogP contribution in [0.1, 0.15) is 23.9 Å². The number of nitrogens with one attached hydrogen (secondary N) is 3. The number of benzene rings is 1. The van der Waals surface area contributed by atoms with E-state index in [0.29, 0.717) is 31.6 Å². The Labute approximate surface area is 157 Å². The fraction of sp³-hybridized carbons (Fsp3) is 0.421. The van der Waals surface area contributed by atoms with Gasteiger partial charge in [-0.25, -0.2) is 9.97 Å². The van der Waals surface area contributed by atoms with Gasteiger partial charge in [0.05, 0.1) is 29.9 Å². The maximum absolute atomic E-state index is 9.04. The monoisotopic (exact) mass is 368 g/mol. The zero-order chi connectivity index (χ0) is 18.5. The minimum Gasteiger partial charge on any atom is -0.395 e. The molecule has 0 amide bonds. The predicted molar refractivity (Wildman–Crippen MR) is 104 cm³/mol. The van der Waals surface area contributed by atoms with Crippen molar-refractivity contribution in [3.63, 3.8) is 0 Å². The molecule has 2 aromatic heterocycles. The van der Waals surface area contributed by atoms with Crippen molar-refractivity contribution in [2.24, 2.45) is 0 Å². The SMILES string of the molecule is OCCNc1nc(NCCc2nc3ccccc3[nH]2)cc([C@H]2CCOC2)n1. The van der Waals surface area contributed by atoms with Gasteiger partial charge in [-0.2, -0.15) is 4.98 Å². The number of fused-ring (bicyclic) bond motifs is 1. The molecule has 4 N–H and O–H groups in total. The summed E-state index contributed by atoms with van der Waals surface area (Å²) in [6, 6.07) is 10.0. The summed E-state index contributed by atoms with van der Waals surface area (Å²) in [6.07, 6.45) is 1.73. The number of aliphatic hydroxyl groups is 1. The van der Waals surface area contributed by atoms with Gasteiger partial charge in [-0.1, -0.05) is 12.1 Å². The zero-order valence-electron chi connectivity index (χ0n) is 15.1. The first-order chi connectivity index (χ1) is 13.3. The lowest BCUT2D eigenvalue weighted by Gasteiger charge is -2.13. The first-order valence-corrected chi connectivity index (χ1v) is 9.31. The van der Waals surface area contributed by atoms with Crippen LogP contribution in [0.25, 0.3) is 11.0 Å². The maximum Gasteiger partial charge on any atom is 0.224 e. The molecule has 3 aromatic rings. The van der Waals surface area contributed by atoms with Gasteiger partial charge < -0.3 is 25.5 Å². The van der Waals surface area contributed by atoms with E-state index in [2.05, 4.69) is 30.6 Å². The second-order valence-corrected chi connectivity index (χ2v) is 6.59. The second kappa shape index (κ2) is 8.32. The fourth-order valence-corrected chi connectivity index (χ4v) is 3.21. The number of imidazole rings is 1. The van der Waals surface area contributed by atoms with Crippen LogP contribution in [0.3, 0.4) is 0 Å². The second-order valence-electron chi connectivity index (χ2n) is 6.59. The average Bonchev–Trinajstić information content (AvgIpc) is 3.35. The lowest BCUT2D eigenvalue weighted by molar-refractivity contribution is 0.193. The van der Waals surface area contributed by atoms with Crippen LogP contribution in [-0.4, -0.2) is 58.0 Å². The molecule has 4 rings (SSSR count). The number of anilines is 2. The minimum absolute atomic E-state index is 0.0366. The highest BCUT2D eigenvalue weighted by Gasteiger charge is 2.20. The van der Waals surface area contributed by atoms with Crippen LogP contribution in [0.4, 0.5) is 11.8 Å². The first kappa shape index (κ1) is 17.7. The first-order valence-electron chi connectivity index (χ1n) is 9.31. The zero-order valence-corrected chi connectivity index (χ0v) is 15.1. The fourth-order valence-electron chi connectivity index (χ4n) is 3.21. The van der Waals surface area contributed by atoms with Crippen molar-refractivity contribution in [3.8, 4) is 0 Å². The number of aromatic amines is 1. The van der Waals surface area contributed by atoms with Crippen LogP contribution in [0.5, 0.6) is 0 Å². The Bertz CT molecular complexity index is 858. The van der Waals surface area contributed by atoms with E-state index in [1.807, 2.05) is 30.3 Å². The molecule has 1 fully saturated rings. The van der Waals surface area contributed by atoms with E-state index >= 15 is 0 Å². The molecule has 8 nitrogen and oxygen atoms in total. The number of ether oxygens (including phenoxy) is 1. The summed E-state index contributed by atoms with van der Waals surface area (Å²) in [6.45, 7) is 2.62. The molecule has 142 valence electrons. The summed E-state index contributed by atoms with van der Waals surface area (Å²) in [5.74, 6) is 2.53. The molecule has 27 heavy (non-hydrogen) atoms. The smallest absolute Gasteiger partial charge is 0.224 e. The number of aliphatic hydroxyl groups excluding tert-OH is 1. The molecule has 0 saturated carbocycles. The molecule has 1 aromatic carbocycles. The number of H-pyrrole nitrogens is 1. The molecular weight excluding hydrogens is 344 g/mol. The summed E-state index contributed by atoms with van der Waals surface area (Å²) in [4.78, 5) is 17.0. The van der Waals surface area contributed by atoms with E-state index in [-0.39, 0.29) is 6.61 Å². The van der Waals surface area contributed by atoms with Crippen molar-refractivity contribution >= 4 is 22.8 Å². The van der Waals surface area contributed by atoms with E-state index < -0.39 is 0 Å². The summed E-state index contributed by atoms with van der Waals surface area (Å²) in [7, 11) is 0. The number of para-hydroxylation sites is 2. The van der Waals surface area contributed by atoms with Gasteiger partial charge in [-0.15, -0.1) is 0 Å². The van der Waals surface area contributed by atoms with Crippen LogP contribution in [0.2, 0.25) is 0 Å². The van der Waals surface area contributed by atoms with Gasteiger partial charge in [0.1, 0.15) is 11.6 Å². The van der Waals surface area contributed by atoms with Crippen LogP contribution >= 0.6 is 0 Å². The Morgan fingerprint density at radius 1 is 1.15 bits per heavy atom. The predicted octanol–water partition coefficient (Wildman–Crippen LogP) is 1.92. The third-order valence-corrected chi connectivity index (χ3v) is 4.60. The van der Waals surface area contributed by atoms with Crippen LogP contribution in [-0.2, 0) is 11.2 Å². The topological polar surface area (TPSA) is 108 Å². The number of nitrogens with zero attached hydrogens (tertiary/aromatic N) is 3. The molecule has 3 heterocycles. The van der Waals surface area contributed by atoms with Gasteiger partial charge in [-0.05, 0) is 18.6 Å². The van der Waals surface area contributed by atoms with Crippen molar-refractivity contribution in [3.05, 3.63) is 41.9 Å². The van der Waals surface area contributed by atoms with Gasteiger partial charge in [0.25, 0.3) is 0 Å². The van der Waals surface area contributed by atoms with Gasteiger partial charge in [0.2, 0.25) is 5.95 Å². The molecule has 1 aliphatic heterocycles. The summed E-state index contributed by atoms with van der Waals surface area (Å²) in [5.41, 5.74) is 3.00. The highest BCUT2D eigenvalue weighted by Crippen LogP contribution is 2.26. The molecule has 0 aliphatic carbocycles. The molecule has 0 spiro atoms. The summed E-state index contributed by atoms with van der Waals surface area (Å²) in [5, 5.41) is 15.5. The molecule has 8 heteroatoms. The van der Waals surface area contributed by atoms with Crippen molar-refractivity contribution in [1.29, 1.82) is 0 Å². The Morgan fingerprint density at radius 3 is 2.89 bits per heavy atom. The quantitative estimate of drug-likeness (QED) is 0.481. The lowest BCUT2D eigenvalue weighted by Crippen LogP contribution is -2.14. The third kappa shape index (κ3) is 4.35. The highest BCUT2D eigenvalue weighted by atomic mass is 16.5. The number of aromatic nitrogens is 4. The summed E-state index contributed by atoms with van der Waals surface area (Å²) >= 11 is 0. The standard InChI is InChI=1S/C19H24N6O2/c26-9-8-21-19-24-16(13-6-10-27-12-13)11-18(25-19)20-7-5-17-22-14-3-1-2-4-15(14)23-17/h1-4,11,13,26H,5-10,12H2,(H,22,23)(H2,20,21,24,25)/t13-/m0/s1. The van der Waals surface area contributed by atoms with Crippen LogP contribution in [0, 0.1) is 0 Å². The molecule has 0 unspecified atom stereocenters. The largest absolute Gasteiger partial charge is 0.395 e. The summed E-state index contributed by atoms with van der Waals surface area (Å²) < 4.78 is 5.49. The van der Waals surface area contributed by atoms with Crippen LogP contribution < -0.4 is 10.6 Å². The molecule has 1 atom stereocenters. The lowest BCUT2D eigenvalue weighted by atomic mass is 10.0. The van der Waals surface area contributed by atoms with Crippen molar-refractivity contribution in [2.45, 2.75) is 18.8 Å². The molecular formula is C19H24N6O2. The highest BCUT2D eigenvalue weighted by molar-refractivity contribution is 5.74. The number of hydrogen-bond acceptors (Lipinski definition) is 7. The van der Waals surface area contributed by atoms with Crippen molar-refractivity contribution in [2.75, 3.05) is 43.5 Å². The van der Waals surface area contributed by atoms with E-state index in [4.69, 9.17) is 9.84 Å². The van der Waals surface area contributed by atoms with Gasteiger partial charge in [0, 0.05) is 38.1 Å². The molecule has 1 aliphatic rings. The number of rotatable bonds is 8. The van der Waals surface area contributed by atoms with Gasteiger partial charge in [-0.3, -0.25) is 0 Å². The van der Waals surface area contributed by atoms with E-state index in [0.717, 1.165) is 47.8 Å². The molecule has 0 bridgehead atoms.